The summed E-state index contributed by atoms with van der Waals surface area (Å²) in [7, 11) is 0. The number of hydrogen-bond donors (Lipinski definition) is 1. The third-order valence-corrected chi connectivity index (χ3v) is 2.16. The summed E-state index contributed by atoms with van der Waals surface area (Å²) in [4.78, 5) is 11.0. The first-order valence-electron chi connectivity index (χ1n) is 5.10. The van der Waals surface area contributed by atoms with E-state index >= 15 is 0 Å². The highest BCUT2D eigenvalue weighted by Gasteiger charge is 2.15. The van der Waals surface area contributed by atoms with E-state index in [1.807, 2.05) is 13.0 Å². The minimum absolute atomic E-state index is 0.00264. The zero-order valence-corrected chi connectivity index (χ0v) is 9.20. The van der Waals surface area contributed by atoms with Gasteiger partial charge in [0.25, 0.3) is 0 Å². The van der Waals surface area contributed by atoms with Crippen LogP contribution in [0.25, 0.3) is 5.69 Å². The quantitative estimate of drug-likeness (QED) is 0.862. The van der Waals surface area contributed by atoms with E-state index in [4.69, 9.17) is 9.84 Å². The van der Waals surface area contributed by atoms with Gasteiger partial charge in [0.2, 0.25) is 0 Å². The molecule has 1 heterocycles. The van der Waals surface area contributed by atoms with Crippen molar-refractivity contribution in [3.05, 3.63) is 36.2 Å². The van der Waals surface area contributed by atoms with E-state index in [9.17, 15) is 4.79 Å². The molecule has 0 amide bonds. The molecule has 2 rings (SSSR count). The molecule has 0 spiro atoms. The molecular weight excluding hydrogens is 222 g/mol. The van der Waals surface area contributed by atoms with Gasteiger partial charge in [0.15, 0.2) is 5.69 Å². The predicted molar refractivity (Wildman–Crippen MR) is 59.5 cm³/mol. The minimum atomic E-state index is -1.08. The Kier molecular flexibility index (Phi) is 3.04. The standard InChI is InChI=1S/C11H11N3O3/c1-2-17-10-6-4-3-5-8(10)14-9(11(15)16)7-12-13-14/h3-7H,2H2,1H3,(H,15,16). The SMILES string of the molecule is CCOc1ccccc1-n1nncc1C(=O)O. The number of aromatic carboxylic acids is 1. The van der Waals surface area contributed by atoms with Crippen molar-refractivity contribution in [1.29, 1.82) is 0 Å². The number of carboxylic acid groups (broad SMARTS) is 1. The number of hydrogen-bond acceptors (Lipinski definition) is 4. The first-order valence-corrected chi connectivity index (χ1v) is 5.10. The zero-order valence-electron chi connectivity index (χ0n) is 9.20. The Balaban J connectivity index is 2.52. The average Bonchev–Trinajstić information content (AvgIpc) is 2.79. The summed E-state index contributed by atoms with van der Waals surface area (Å²) in [6.45, 7) is 2.35. The van der Waals surface area contributed by atoms with Gasteiger partial charge in [-0.1, -0.05) is 17.3 Å². The van der Waals surface area contributed by atoms with Gasteiger partial charge in [0.05, 0.1) is 12.8 Å². The van der Waals surface area contributed by atoms with Gasteiger partial charge in [-0.25, -0.2) is 9.48 Å². The molecule has 0 aliphatic rings. The molecule has 2 aromatic rings. The lowest BCUT2D eigenvalue weighted by atomic mass is 10.3. The maximum Gasteiger partial charge on any atom is 0.356 e. The summed E-state index contributed by atoms with van der Waals surface area (Å²) in [6, 6.07) is 7.08. The molecular formula is C11H11N3O3. The van der Waals surface area contributed by atoms with Crippen molar-refractivity contribution in [3.63, 3.8) is 0 Å². The van der Waals surface area contributed by atoms with E-state index in [1.54, 1.807) is 18.2 Å². The van der Waals surface area contributed by atoms with Gasteiger partial charge in [-0.2, -0.15) is 0 Å². The Morgan fingerprint density at radius 1 is 1.47 bits per heavy atom. The predicted octanol–water partition coefficient (Wildman–Crippen LogP) is 1.36. The van der Waals surface area contributed by atoms with Crippen LogP contribution >= 0.6 is 0 Å². The van der Waals surface area contributed by atoms with Crippen LogP contribution in [0.15, 0.2) is 30.5 Å². The van der Waals surface area contributed by atoms with Gasteiger partial charge in [0.1, 0.15) is 11.4 Å². The van der Waals surface area contributed by atoms with Crippen LogP contribution < -0.4 is 4.74 Å². The third-order valence-electron chi connectivity index (χ3n) is 2.16. The molecule has 1 N–H and O–H groups in total. The summed E-state index contributed by atoms with van der Waals surface area (Å²) in [5, 5.41) is 16.3. The summed E-state index contributed by atoms with van der Waals surface area (Å²) >= 11 is 0. The van der Waals surface area contributed by atoms with Gasteiger partial charge >= 0.3 is 5.97 Å². The fourth-order valence-corrected chi connectivity index (χ4v) is 1.47. The molecule has 0 saturated heterocycles. The molecule has 17 heavy (non-hydrogen) atoms. The van der Waals surface area contributed by atoms with Crippen LogP contribution in [0.5, 0.6) is 5.75 Å². The topological polar surface area (TPSA) is 77.2 Å². The van der Waals surface area contributed by atoms with E-state index in [0.717, 1.165) is 0 Å². The van der Waals surface area contributed by atoms with Gasteiger partial charge in [-0.15, -0.1) is 5.10 Å². The maximum atomic E-state index is 11.0. The molecule has 0 atom stereocenters. The molecule has 0 radical (unpaired) electrons. The lowest BCUT2D eigenvalue weighted by Gasteiger charge is -2.10. The summed E-state index contributed by atoms with van der Waals surface area (Å²) < 4.78 is 6.66. The Morgan fingerprint density at radius 2 is 2.24 bits per heavy atom. The van der Waals surface area contributed by atoms with Gasteiger partial charge in [-0.05, 0) is 19.1 Å². The maximum absolute atomic E-state index is 11.0. The van der Waals surface area contributed by atoms with Crippen LogP contribution in [0.2, 0.25) is 0 Å². The highest BCUT2D eigenvalue weighted by atomic mass is 16.5. The zero-order chi connectivity index (χ0) is 12.3. The van der Waals surface area contributed by atoms with E-state index in [1.165, 1.54) is 10.9 Å². The van der Waals surface area contributed by atoms with Crippen LogP contribution in [0.1, 0.15) is 17.4 Å². The van der Waals surface area contributed by atoms with Crippen molar-refractivity contribution < 1.29 is 14.6 Å². The minimum Gasteiger partial charge on any atom is -0.492 e. The number of para-hydroxylation sites is 2. The molecule has 6 nitrogen and oxygen atoms in total. The Bertz CT molecular complexity index is 536. The fraction of sp³-hybridized carbons (Fsp3) is 0.182. The number of benzene rings is 1. The molecule has 0 aliphatic carbocycles. The molecule has 0 bridgehead atoms. The van der Waals surface area contributed by atoms with Crippen molar-refractivity contribution in [3.8, 4) is 11.4 Å². The second-order valence-corrected chi connectivity index (χ2v) is 3.24. The lowest BCUT2D eigenvalue weighted by Crippen LogP contribution is -2.09. The monoisotopic (exact) mass is 233 g/mol. The van der Waals surface area contributed by atoms with Crippen molar-refractivity contribution in [2.24, 2.45) is 0 Å². The van der Waals surface area contributed by atoms with E-state index in [0.29, 0.717) is 18.0 Å². The summed E-state index contributed by atoms with van der Waals surface area (Å²) in [5.41, 5.74) is 0.557. The largest absolute Gasteiger partial charge is 0.492 e. The summed E-state index contributed by atoms with van der Waals surface area (Å²) in [6.07, 6.45) is 1.20. The number of rotatable bonds is 4. The van der Waals surface area contributed by atoms with Crippen molar-refractivity contribution >= 4 is 5.97 Å². The lowest BCUT2D eigenvalue weighted by molar-refractivity contribution is 0.0687. The Labute approximate surface area is 97.4 Å². The summed E-state index contributed by atoms with van der Waals surface area (Å²) in [5.74, 6) is -0.510. The highest BCUT2D eigenvalue weighted by Crippen LogP contribution is 2.22. The molecule has 88 valence electrons. The number of aromatic nitrogens is 3. The second-order valence-electron chi connectivity index (χ2n) is 3.24. The van der Waals surface area contributed by atoms with Gasteiger partial charge < -0.3 is 9.84 Å². The van der Waals surface area contributed by atoms with Crippen molar-refractivity contribution in [1.82, 2.24) is 15.0 Å². The Morgan fingerprint density at radius 3 is 2.94 bits per heavy atom. The normalized spacial score (nSPS) is 10.2. The molecule has 0 fully saturated rings. The number of nitrogens with zero attached hydrogens (tertiary/aromatic N) is 3. The first-order chi connectivity index (χ1) is 8.24. The molecule has 6 heteroatoms. The number of carboxylic acids is 1. The fourth-order valence-electron chi connectivity index (χ4n) is 1.47. The van der Waals surface area contributed by atoms with Crippen molar-refractivity contribution in [2.45, 2.75) is 6.92 Å². The van der Waals surface area contributed by atoms with E-state index in [-0.39, 0.29) is 5.69 Å². The molecule has 1 aromatic carbocycles. The van der Waals surface area contributed by atoms with Gasteiger partial charge in [-0.3, -0.25) is 0 Å². The van der Waals surface area contributed by atoms with Crippen LogP contribution in [-0.2, 0) is 0 Å². The van der Waals surface area contributed by atoms with Crippen LogP contribution in [0, 0.1) is 0 Å². The molecule has 0 unspecified atom stereocenters. The molecule has 0 saturated carbocycles. The number of carbonyl (C=O) groups is 1. The molecule has 1 aromatic heterocycles. The van der Waals surface area contributed by atoms with Crippen LogP contribution in [0.3, 0.4) is 0 Å². The smallest absolute Gasteiger partial charge is 0.356 e. The second kappa shape index (κ2) is 4.65. The Hall–Kier alpha value is -2.37. The number of ether oxygens (including phenoxy) is 1. The molecule has 0 aliphatic heterocycles. The van der Waals surface area contributed by atoms with Crippen LogP contribution in [0.4, 0.5) is 0 Å². The average molecular weight is 233 g/mol. The third kappa shape index (κ3) is 2.10. The van der Waals surface area contributed by atoms with Gasteiger partial charge in [0, 0.05) is 0 Å². The van der Waals surface area contributed by atoms with Crippen molar-refractivity contribution in [2.75, 3.05) is 6.61 Å². The highest BCUT2D eigenvalue weighted by molar-refractivity contribution is 5.86. The van der Waals surface area contributed by atoms with Crippen LogP contribution in [-0.4, -0.2) is 32.7 Å². The van der Waals surface area contributed by atoms with E-state index < -0.39 is 5.97 Å². The van der Waals surface area contributed by atoms with E-state index in [2.05, 4.69) is 10.3 Å². The first kappa shape index (κ1) is 11.1.